The van der Waals surface area contributed by atoms with Gasteiger partial charge in [0.25, 0.3) is 0 Å². The van der Waals surface area contributed by atoms with E-state index in [-0.39, 0.29) is 18.2 Å². The fraction of sp³-hybridized carbons (Fsp3) is 0.571. The summed E-state index contributed by atoms with van der Waals surface area (Å²) >= 11 is 6.00. The summed E-state index contributed by atoms with van der Waals surface area (Å²) < 4.78 is 13.6. The molecule has 1 aliphatic rings. The van der Waals surface area contributed by atoms with Crippen LogP contribution in [0.5, 0.6) is 0 Å². The number of hydrogen-bond donors (Lipinski definition) is 1. The fourth-order valence-electron chi connectivity index (χ4n) is 2.43. The highest BCUT2D eigenvalue weighted by Gasteiger charge is 2.13. The van der Waals surface area contributed by atoms with Gasteiger partial charge in [0.15, 0.2) is 0 Å². The zero-order chi connectivity index (χ0) is 12.1. The van der Waals surface area contributed by atoms with Gasteiger partial charge in [-0.1, -0.05) is 43.4 Å². The average molecular weight is 292 g/mol. The molecule has 0 bridgehead atoms. The standard InChI is InChI=1S/C14H19ClFN.ClH/c15-13-8-5-9-14(16)12(13)10-17-11-6-3-1-2-4-7-11;/h5,8-9,11,17H,1-4,6-7,10H2;1H. The SMILES string of the molecule is Cl.Fc1cccc(Cl)c1CNC1CCCCCC1. The van der Waals surface area contributed by atoms with Gasteiger partial charge < -0.3 is 5.32 Å². The molecule has 1 aliphatic carbocycles. The smallest absolute Gasteiger partial charge is 0.129 e. The van der Waals surface area contributed by atoms with Gasteiger partial charge in [-0.3, -0.25) is 0 Å². The highest BCUT2D eigenvalue weighted by atomic mass is 35.5. The normalized spacial score (nSPS) is 17.0. The molecule has 1 N–H and O–H groups in total. The summed E-state index contributed by atoms with van der Waals surface area (Å²) in [4.78, 5) is 0. The van der Waals surface area contributed by atoms with Crippen LogP contribution in [0, 0.1) is 5.82 Å². The lowest BCUT2D eigenvalue weighted by Crippen LogP contribution is -2.28. The number of halogens is 3. The van der Waals surface area contributed by atoms with Gasteiger partial charge in [0.1, 0.15) is 5.82 Å². The molecule has 2 rings (SSSR count). The molecule has 0 atom stereocenters. The quantitative estimate of drug-likeness (QED) is 0.795. The van der Waals surface area contributed by atoms with Gasteiger partial charge in [-0.2, -0.15) is 0 Å². The summed E-state index contributed by atoms with van der Waals surface area (Å²) in [5.41, 5.74) is 0.596. The minimum atomic E-state index is -0.210. The molecule has 0 radical (unpaired) electrons. The van der Waals surface area contributed by atoms with E-state index in [2.05, 4.69) is 5.32 Å². The van der Waals surface area contributed by atoms with Gasteiger partial charge in [-0.25, -0.2) is 4.39 Å². The Labute approximate surface area is 120 Å². The van der Waals surface area contributed by atoms with Gasteiger partial charge in [-0.15, -0.1) is 12.4 Å². The third-order valence-electron chi connectivity index (χ3n) is 3.48. The molecule has 102 valence electrons. The molecule has 1 fully saturated rings. The second-order valence-corrected chi connectivity index (χ2v) is 5.18. The van der Waals surface area contributed by atoms with E-state index in [0.29, 0.717) is 23.2 Å². The Morgan fingerprint density at radius 3 is 2.44 bits per heavy atom. The van der Waals surface area contributed by atoms with Crippen LogP contribution in [-0.4, -0.2) is 6.04 Å². The van der Waals surface area contributed by atoms with E-state index in [4.69, 9.17) is 11.6 Å². The largest absolute Gasteiger partial charge is 0.310 e. The summed E-state index contributed by atoms with van der Waals surface area (Å²) in [6.07, 6.45) is 7.63. The predicted molar refractivity (Wildman–Crippen MR) is 77.0 cm³/mol. The first-order valence-corrected chi connectivity index (χ1v) is 6.81. The van der Waals surface area contributed by atoms with Gasteiger partial charge in [0.2, 0.25) is 0 Å². The van der Waals surface area contributed by atoms with E-state index in [9.17, 15) is 4.39 Å². The first kappa shape index (κ1) is 15.7. The van der Waals surface area contributed by atoms with Crippen molar-refractivity contribution in [3.8, 4) is 0 Å². The van der Waals surface area contributed by atoms with Gasteiger partial charge in [0, 0.05) is 23.2 Å². The Kier molecular flexibility index (Phi) is 6.98. The summed E-state index contributed by atoms with van der Waals surface area (Å²) in [7, 11) is 0. The van der Waals surface area contributed by atoms with E-state index >= 15 is 0 Å². The third kappa shape index (κ3) is 4.42. The molecule has 0 heterocycles. The minimum absolute atomic E-state index is 0. The fourth-order valence-corrected chi connectivity index (χ4v) is 2.66. The maximum absolute atomic E-state index is 13.6. The van der Waals surface area contributed by atoms with Crippen molar-refractivity contribution < 1.29 is 4.39 Å². The predicted octanol–water partition coefficient (Wildman–Crippen LogP) is 4.71. The van der Waals surface area contributed by atoms with Crippen LogP contribution >= 0.6 is 24.0 Å². The molecule has 0 unspecified atom stereocenters. The molecule has 0 spiro atoms. The second kappa shape index (κ2) is 7.98. The maximum Gasteiger partial charge on any atom is 0.129 e. The van der Waals surface area contributed by atoms with Gasteiger partial charge >= 0.3 is 0 Å². The monoisotopic (exact) mass is 291 g/mol. The Hall–Kier alpha value is -0.310. The van der Waals surface area contributed by atoms with Crippen molar-refractivity contribution >= 4 is 24.0 Å². The van der Waals surface area contributed by atoms with E-state index in [1.807, 2.05) is 0 Å². The summed E-state index contributed by atoms with van der Waals surface area (Å²) in [5, 5.41) is 3.95. The number of rotatable bonds is 3. The van der Waals surface area contributed by atoms with Crippen LogP contribution < -0.4 is 5.32 Å². The van der Waals surface area contributed by atoms with Crippen molar-refractivity contribution in [1.82, 2.24) is 5.32 Å². The van der Waals surface area contributed by atoms with Crippen LogP contribution in [0.3, 0.4) is 0 Å². The molecule has 1 aromatic rings. The lowest BCUT2D eigenvalue weighted by molar-refractivity contribution is 0.452. The minimum Gasteiger partial charge on any atom is -0.310 e. The van der Waals surface area contributed by atoms with E-state index in [1.165, 1.54) is 44.6 Å². The molecule has 18 heavy (non-hydrogen) atoms. The number of hydrogen-bond acceptors (Lipinski definition) is 1. The molecule has 0 saturated heterocycles. The van der Waals surface area contributed by atoms with Crippen LogP contribution in [0.1, 0.15) is 44.1 Å². The van der Waals surface area contributed by atoms with Crippen LogP contribution in [-0.2, 0) is 6.54 Å². The molecular formula is C14H20Cl2FN. The van der Waals surface area contributed by atoms with Gasteiger partial charge in [0.05, 0.1) is 0 Å². The molecule has 0 amide bonds. The summed E-state index contributed by atoms with van der Waals surface area (Å²) in [6, 6.07) is 5.38. The lowest BCUT2D eigenvalue weighted by atomic mass is 10.1. The van der Waals surface area contributed by atoms with Crippen molar-refractivity contribution in [2.24, 2.45) is 0 Å². The Bertz CT molecular complexity index is 343. The van der Waals surface area contributed by atoms with Crippen LogP contribution in [0.4, 0.5) is 4.39 Å². The molecule has 1 nitrogen and oxygen atoms in total. The number of nitrogens with one attached hydrogen (secondary N) is 1. The highest BCUT2D eigenvalue weighted by Crippen LogP contribution is 2.21. The molecule has 0 aromatic heterocycles. The Morgan fingerprint density at radius 1 is 1.17 bits per heavy atom. The first-order valence-electron chi connectivity index (χ1n) is 6.43. The van der Waals surface area contributed by atoms with Crippen molar-refractivity contribution in [2.45, 2.75) is 51.1 Å². The van der Waals surface area contributed by atoms with Crippen molar-refractivity contribution in [1.29, 1.82) is 0 Å². The van der Waals surface area contributed by atoms with Crippen molar-refractivity contribution in [2.75, 3.05) is 0 Å². The van der Waals surface area contributed by atoms with Crippen LogP contribution in [0.15, 0.2) is 18.2 Å². The molecule has 4 heteroatoms. The van der Waals surface area contributed by atoms with E-state index < -0.39 is 0 Å². The van der Waals surface area contributed by atoms with E-state index in [1.54, 1.807) is 12.1 Å². The molecular weight excluding hydrogens is 272 g/mol. The number of benzene rings is 1. The third-order valence-corrected chi connectivity index (χ3v) is 3.84. The van der Waals surface area contributed by atoms with Crippen LogP contribution in [0.25, 0.3) is 0 Å². The van der Waals surface area contributed by atoms with Crippen molar-refractivity contribution in [3.63, 3.8) is 0 Å². The summed E-state index contributed by atoms with van der Waals surface area (Å²) in [5.74, 6) is -0.210. The van der Waals surface area contributed by atoms with Crippen molar-refractivity contribution in [3.05, 3.63) is 34.6 Å². The van der Waals surface area contributed by atoms with Gasteiger partial charge in [-0.05, 0) is 25.0 Å². The molecule has 0 aliphatic heterocycles. The molecule has 1 aromatic carbocycles. The zero-order valence-electron chi connectivity index (χ0n) is 10.4. The Morgan fingerprint density at radius 2 is 1.83 bits per heavy atom. The van der Waals surface area contributed by atoms with Crippen LogP contribution in [0.2, 0.25) is 5.02 Å². The van der Waals surface area contributed by atoms with E-state index in [0.717, 1.165) is 0 Å². The maximum atomic E-state index is 13.6. The first-order chi connectivity index (χ1) is 8.27. The Balaban J connectivity index is 0.00000162. The topological polar surface area (TPSA) is 12.0 Å². The zero-order valence-corrected chi connectivity index (χ0v) is 12.0. The average Bonchev–Trinajstić information content (AvgIpc) is 2.57. The summed E-state index contributed by atoms with van der Waals surface area (Å²) in [6.45, 7) is 0.538. The lowest BCUT2D eigenvalue weighted by Gasteiger charge is -2.17. The molecule has 1 saturated carbocycles. The second-order valence-electron chi connectivity index (χ2n) is 4.77. The highest BCUT2D eigenvalue weighted by molar-refractivity contribution is 6.31.